The second kappa shape index (κ2) is 7.69. The van der Waals surface area contributed by atoms with Crippen LogP contribution in [0, 0.1) is 6.92 Å². The Hall–Kier alpha value is -2.04. The number of para-hydroxylation sites is 1. The van der Waals surface area contributed by atoms with Crippen molar-refractivity contribution in [3.8, 4) is 0 Å². The highest BCUT2D eigenvalue weighted by molar-refractivity contribution is 6.33. The standard InChI is InChI=1S/C19H22ClN3O/c1-15-5-4-6-16(13-15)21-19(24)14-22-9-11-23(12-10-22)18-8-3-2-7-17(18)20/h2-8,13H,9-12,14H2,1H3,(H,21,24)/p+1. The lowest BCUT2D eigenvalue weighted by Crippen LogP contribution is -3.15. The first-order valence-corrected chi connectivity index (χ1v) is 8.69. The Kier molecular flexibility index (Phi) is 5.38. The average Bonchev–Trinajstić information content (AvgIpc) is 2.56. The highest BCUT2D eigenvalue weighted by Gasteiger charge is 2.23. The van der Waals surface area contributed by atoms with Crippen LogP contribution in [0.15, 0.2) is 48.5 Å². The highest BCUT2D eigenvalue weighted by Crippen LogP contribution is 2.24. The zero-order chi connectivity index (χ0) is 16.9. The van der Waals surface area contributed by atoms with Gasteiger partial charge in [0.25, 0.3) is 5.91 Å². The van der Waals surface area contributed by atoms with Crippen molar-refractivity contribution in [2.24, 2.45) is 0 Å². The molecule has 1 heterocycles. The van der Waals surface area contributed by atoms with Crippen LogP contribution in [0.3, 0.4) is 0 Å². The maximum Gasteiger partial charge on any atom is 0.279 e. The lowest BCUT2D eigenvalue weighted by Gasteiger charge is -2.33. The van der Waals surface area contributed by atoms with E-state index in [0.717, 1.165) is 48.1 Å². The first kappa shape index (κ1) is 16.8. The molecule has 4 nitrogen and oxygen atoms in total. The van der Waals surface area contributed by atoms with E-state index < -0.39 is 0 Å². The number of hydrogen-bond acceptors (Lipinski definition) is 2. The van der Waals surface area contributed by atoms with Gasteiger partial charge in [-0.05, 0) is 36.8 Å². The largest absolute Gasteiger partial charge is 0.359 e. The number of anilines is 2. The molecular formula is C19H23ClN3O+. The molecular weight excluding hydrogens is 322 g/mol. The van der Waals surface area contributed by atoms with Crippen LogP contribution in [-0.4, -0.2) is 38.6 Å². The SMILES string of the molecule is Cc1cccc(NC(=O)C[NH+]2CCN(c3ccccc3Cl)CC2)c1. The summed E-state index contributed by atoms with van der Waals surface area (Å²) in [4.78, 5) is 15.8. The first-order chi connectivity index (χ1) is 11.6. The molecule has 24 heavy (non-hydrogen) atoms. The molecule has 0 spiro atoms. The maximum atomic E-state index is 12.2. The number of halogens is 1. The minimum atomic E-state index is 0.0711. The van der Waals surface area contributed by atoms with E-state index in [1.54, 1.807) is 0 Å². The second-order valence-electron chi connectivity index (χ2n) is 6.28. The lowest BCUT2D eigenvalue weighted by atomic mass is 10.2. The molecule has 126 valence electrons. The molecule has 5 heteroatoms. The predicted molar refractivity (Wildman–Crippen MR) is 99.0 cm³/mol. The van der Waals surface area contributed by atoms with E-state index in [1.165, 1.54) is 4.90 Å². The van der Waals surface area contributed by atoms with Gasteiger partial charge in [0.2, 0.25) is 0 Å². The van der Waals surface area contributed by atoms with Crippen LogP contribution in [0.4, 0.5) is 11.4 Å². The second-order valence-corrected chi connectivity index (χ2v) is 6.69. The minimum Gasteiger partial charge on any atom is -0.359 e. The monoisotopic (exact) mass is 344 g/mol. The Labute approximate surface area is 148 Å². The van der Waals surface area contributed by atoms with Gasteiger partial charge in [-0.1, -0.05) is 35.9 Å². The van der Waals surface area contributed by atoms with Gasteiger partial charge in [0.05, 0.1) is 36.9 Å². The van der Waals surface area contributed by atoms with Crippen LogP contribution < -0.4 is 15.1 Å². The van der Waals surface area contributed by atoms with E-state index >= 15 is 0 Å². The van der Waals surface area contributed by atoms with Crippen LogP contribution in [0.25, 0.3) is 0 Å². The predicted octanol–water partition coefficient (Wildman–Crippen LogP) is 1.99. The molecule has 0 aliphatic carbocycles. The smallest absolute Gasteiger partial charge is 0.279 e. The van der Waals surface area contributed by atoms with Crippen molar-refractivity contribution in [3.63, 3.8) is 0 Å². The molecule has 0 radical (unpaired) electrons. The third-order valence-corrected chi connectivity index (χ3v) is 4.70. The average molecular weight is 345 g/mol. The Balaban J connectivity index is 1.50. The van der Waals surface area contributed by atoms with Gasteiger partial charge in [-0.2, -0.15) is 0 Å². The zero-order valence-corrected chi connectivity index (χ0v) is 14.6. The molecule has 1 fully saturated rings. The van der Waals surface area contributed by atoms with Crippen molar-refractivity contribution in [1.82, 2.24) is 0 Å². The fourth-order valence-electron chi connectivity index (χ4n) is 3.10. The molecule has 2 aromatic carbocycles. The summed E-state index contributed by atoms with van der Waals surface area (Å²) >= 11 is 6.27. The molecule has 1 aliphatic rings. The van der Waals surface area contributed by atoms with E-state index in [1.807, 2.05) is 49.4 Å². The van der Waals surface area contributed by atoms with Gasteiger partial charge in [-0.3, -0.25) is 4.79 Å². The molecule has 0 saturated carbocycles. The van der Waals surface area contributed by atoms with Crippen LogP contribution >= 0.6 is 11.6 Å². The Morgan fingerprint density at radius 1 is 1.17 bits per heavy atom. The van der Waals surface area contributed by atoms with Gasteiger partial charge in [-0.15, -0.1) is 0 Å². The third kappa shape index (κ3) is 4.28. The van der Waals surface area contributed by atoms with Crippen molar-refractivity contribution in [2.75, 3.05) is 42.9 Å². The molecule has 1 amide bonds. The molecule has 1 saturated heterocycles. The number of carbonyl (C=O) groups excluding carboxylic acids is 1. The minimum absolute atomic E-state index is 0.0711. The summed E-state index contributed by atoms with van der Waals surface area (Å²) in [5.41, 5.74) is 3.10. The summed E-state index contributed by atoms with van der Waals surface area (Å²) in [5.74, 6) is 0.0711. The number of carbonyl (C=O) groups is 1. The van der Waals surface area contributed by atoms with Gasteiger partial charge in [-0.25, -0.2) is 0 Å². The summed E-state index contributed by atoms with van der Waals surface area (Å²) in [7, 11) is 0. The number of amides is 1. The third-order valence-electron chi connectivity index (χ3n) is 4.38. The van der Waals surface area contributed by atoms with Crippen molar-refractivity contribution < 1.29 is 9.69 Å². The van der Waals surface area contributed by atoms with E-state index in [4.69, 9.17) is 11.6 Å². The van der Waals surface area contributed by atoms with Gasteiger partial charge >= 0.3 is 0 Å². The summed E-state index contributed by atoms with van der Waals surface area (Å²) in [6.45, 7) is 6.23. The molecule has 2 N–H and O–H groups in total. The topological polar surface area (TPSA) is 36.8 Å². The van der Waals surface area contributed by atoms with E-state index in [2.05, 4.69) is 16.3 Å². The van der Waals surface area contributed by atoms with Crippen molar-refractivity contribution in [1.29, 1.82) is 0 Å². The van der Waals surface area contributed by atoms with E-state index in [-0.39, 0.29) is 5.91 Å². The quantitative estimate of drug-likeness (QED) is 0.890. The van der Waals surface area contributed by atoms with Crippen LogP contribution in [0.1, 0.15) is 5.56 Å². The molecule has 0 bridgehead atoms. The summed E-state index contributed by atoms with van der Waals surface area (Å²) in [6, 6.07) is 15.8. The highest BCUT2D eigenvalue weighted by atomic mass is 35.5. The van der Waals surface area contributed by atoms with Gasteiger partial charge in [0.1, 0.15) is 0 Å². The Morgan fingerprint density at radius 3 is 2.62 bits per heavy atom. The van der Waals surface area contributed by atoms with Crippen LogP contribution in [0.5, 0.6) is 0 Å². The Morgan fingerprint density at radius 2 is 1.92 bits per heavy atom. The molecule has 2 aromatic rings. The maximum absolute atomic E-state index is 12.2. The van der Waals surface area contributed by atoms with Gasteiger partial charge in [0.15, 0.2) is 6.54 Å². The number of aryl methyl sites for hydroxylation is 1. The van der Waals surface area contributed by atoms with Crippen LogP contribution in [0.2, 0.25) is 5.02 Å². The first-order valence-electron chi connectivity index (χ1n) is 8.31. The fourth-order valence-corrected chi connectivity index (χ4v) is 3.36. The number of rotatable bonds is 4. The molecule has 1 aliphatic heterocycles. The summed E-state index contributed by atoms with van der Waals surface area (Å²) < 4.78 is 0. The van der Waals surface area contributed by atoms with Crippen molar-refractivity contribution in [2.45, 2.75) is 6.92 Å². The molecule has 0 aromatic heterocycles. The normalized spacial score (nSPS) is 15.3. The molecule has 3 rings (SSSR count). The number of piperazine rings is 1. The number of nitrogens with zero attached hydrogens (tertiary/aromatic N) is 1. The fraction of sp³-hybridized carbons (Fsp3) is 0.316. The summed E-state index contributed by atoms with van der Waals surface area (Å²) in [5, 5.41) is 3.78. The zero-order valence-electron chi connectivity index (χ0n) is 13.9. The van der Waals surface area contributed by atoms with Gasteiger partial charge < -0.3 is 15.1 Å². The summed E-state index contributed by atoms with van der Waals surface area (Å²) in [6.07, 6.45) is 0. The van der Waals surface area contributed by atoms with E-state index in [0.29, 0.717) is 6.54 Å². The molecule has 0 atom stereocenters. The van der Waals surface area contributed by atoms with Crippen molar-refractivity contribution in [3.05, 3.63) is 59.1 Å². The number of quaternary nitrogens is 1. The molecule has 0 unspecified atom stereocenters. The number of hydrogen-bond donors (Lipinski definition) is 2. The van der Waals surface area contributed by atoms with Crippen molar-refractivity contribution >= 4 is 28.9 Å². The number of benzene rings is 2. The van der Waals surface area contributed by atoms with Crippen LogP contribution in [-0.2, 0) is 4.79 Å². The lowest BCUT2D eigenvalue weighted by molar-refractivity contribution is -0.892. The van der Waals surface area contributed by atoms with Gasteiger partial charge in [0, 0.05) is 5.69 Å². The van der Waals surface area contributed by atoms with E-state index in [9.17, 15) is 4.79 Å². The number of nitrogens with one attached hydrogen (secondary N) is 2. The Bertz CT molecular complexity index is 711.